The van der Waals surface area contributed by atoms with Gasteiger partial charge in [0.1, 0.15) is 5.25 Å². The number of sulfone groups is 1. The summed E-state index contributed by atoms with van der Waals surface area (Å²) in [5, 5.41) is -0.991. The number of carbonyl (C=O) groups is 1. The van der Waals surface area contributed by atoms with Crippen LogP contribution in [0.3, 0.4) is 0 Å². The number of hydrogen-bond acceptors (Lipinski definition) is 4. The zero-order valence-electron chi connectivity index (χ0n) is 9.21. The molecule has 0 amide bonds. The summed E-state index contributed by atoms with van der Waals surface area (Å²) >= 11 is 1.21. The molecule has 16 heavy (non-hydrogen) atoms. The highest BCUT2D eigenvalue weighted by atomic mass is 32.3. The Balaban J connectivity index is 2.92. The van der Waals surface area contributed by atoms with Gasteiger partial charge in [-0.1, -0.05) is 30.3 Å². The lowest BCUT2D eigenvalue weighted by Crippen LogP contribution is -2.28. The number of rotatable bonds is 5. The molecule has 5 heteroatoms. The predicted molar refractivity (Wildman–Crippen MR) is 67.5 cm³/mol. The van der Waals surface area contributed by atoms with Crippen molar-refractivity contribution in [1.82, 2.24) is 0 Å². The Labute approximate surface area is 100 Å². The normalized spacial score (nSPS) is 13.4. The lowest BCUT2D eigenvalue weighted by Gasteiger charge is -2.10. The standard InChI is InChI=1S/C11H14O3S2/c1-9(16(13,14)8-15-2)11(12)10-6-4-3-5-7-10/h3-7,9H,8H2,1-2H3. The highest BCUT2D eigenvalue weighted by Gasteiger charge is 2.27. The summed E-state index contributed by atoms with van der Waals surface area (Å²) in [5.74, 6) is -0.338. The highest BCUT2D eigenvalue weighted by Crippen LogP contribution is 2.13. The third-order valence-electron chi connectivity index (χ3n) is 2.25. The maximum atomic E-state index is 11.9. The molecule has 0 radical (unpaired) electrons. The molecule has 0 aliphatic heterocycles. The molecule has 1 rings (SSSR count). The van der Waals surface area contributed by atoms with Gasteiger partial charge in [-0.25, -0.2) is 8.42 Å². The Morgan fingerprint density at radius 2 is 1.88 bits per heavy atom. The molecule has 0 aliphatic rings. The number of thioether (sulfide) groups is 1. The largest absolute Gasteiger partial charge is 0.293 e. The molecule has 0 heterocycles. The molecule has 0 saturated carbocycles. The van der Waals surface area contributed by atoms with Crippen molar-refractivity contribution in [2.24, 2.45) is 0 Å². The van der Waals surface area contributed by atoms with Crippen molar-refractivity contribution in [3.05, 3.63) is 35.9 Å². The van der Waals surface area contributed by atoms with E-state index in [0.717, 1.165) is 0 Å². The van der Waals surface area contributed by atoms with Gasteiger partial charge < -0.3 is 0 Å². The van der Waals surface area contributed by atoms with Gasteiger partial charge in [0.05, 0.1) is 5.08 Å². The summed E-state index contributed by atoms with van der Waals surface area (Å²) in [4.78, 5) is 11.9. The highest BCUT2D eigenvalue weighted by molar-refractivity contribution is 8.12. The number of carbonyl (C=O) groups excluding carboxylic acids is 1. The molecular formula is C11H14O3S2. The van der Waals surface area contributed by atoms with E-state index >= 15 is 0 Å². The van der Waals surface area contributed by atoms with Crippen molar-refractivity contribution in [3.63, 3.8) is 0 Å². The lowest BCUT2D eigenvalue weighted by molar-refractivity contribution is 0.0991. The fourth-order valence-electron chi connectivity index (χ4n) is 1.27. The Kier molecular flexibility index (Phi) is 4.56. The number of ketones is 1. The zero-order chi connectivity index (χ0) is 12.2. The molecule has 0 fully saturated rings. The van der Waals surface area contributed by atoms with E-state index in [1.54, 1.807) is 36.6 Å². The minimum absolute atomic E-state index is 0.0211. The number of benzene rings is 1. The lowest BCUT2D eigenvalue weighted by atomic mass is 10.1. The zero-order valence-corrected chi connectivity index (χ0v) is 10.8. The Bertz CT molecular complexity index is 451. The third kappa shape index (κ3) is 3.09. The van der Waals surface area contributed by atoms with Crippen LogP contribution in [0.25, 0.3) is 0 Å². The minimum Gasteiger partial charge on any atom is -0.293 e. The van der Waals surface area contributed by atoms with Crippen molar-refractivity contribution in [1.29, 1.82) is 0 Å². The van der Waals surface area contributed by atoms with Crippen LogP contribution in [0.15, 0.2) is 30.3 Å². The maximum Gasteiger partial charge on any atom is 0.180 e. The van der Waals surface area contributed by atoms with Crippen LogP contribution < -0.4 is 0 Å². The monoisotopic (exact) mass is 258 g/mol. The number of hydrogen-bond donors (Lipinski definition) is 0. The fraction of sp³-hybridized carbons (Fsp3) is 0.364. The van der Waals surface area contributed by atoms with Crippen LogP contribution in [0.5, 0.6) is 0 Å². The maximum absolute atomic E-state index is 11.9. The molecule has 1 unspecified atom stereocenters. The Hall–Kier alpha value is -0.810. The summed E-state index contributed by atoms with van der Waals surface area (Å²) in [6.45, 7) is 1.45. The fourth-order valence-corrected chi connectivity index (χ4v) is 3.86. The van der Waals surface area contributed by atoms with Gasteiger partial charge in [0.2, 0.25) is 0 Å². The van der Waals surface area contributed by atoms with Crippen LogP contribution in [0.4, 0.5) is 0 Å². The molecule has 1 aromatic carbocycles. The van der Waals surface area contributed by atoms with Crippen molar-refractivity contribution in [3.8, 4) is 0 Å². The summed E-state index contributed by atoms with van der Waals surface area (Å²) < 4.78 is 23.4. The van der Waals surface area contributed by atoms with E-state index in [9.17, 15) is 13.2 Å². The second-order valence-corrected chi connectivity index (χ2v) is 6.99. The quantitative estimate of drug-likeness (QED) is 0.758. The second-order valence-electron chi connectivity index (χ2n) is 3.44. The van der Waals surface area contributed by atoms with Gasteiger partial charge in [0.25, 0.3) is 0 Å². The first kappa shape index (κ1) is 13.3. The molecule has 0 aromatic heterocycles. The van der Waals surface area contributed by atoms with Crippen molar-refractivity contribution in [2.45, 2.75) is 12.2 Å². The summed E-state index contributed by atoms with van der Waals surface area (Å²) in [6, 6.07) is 8.50. The summed E-state index contributed by atoms with van der Waals surface area (Å²) in [6.07, 6.45) is 1.71. The van der Waals surface area contributed by atoms with E-state index in [1.807, 2.05) is 0 Å². The molecule has 1 aromatic rings. The van der Waals surface area contributed by atoms with Crippen molar-refractivity contribution in [2.75, 3.05) is 11.3 Å². The van der Waals surface area contributed by atoms with E-state index in [0.29, 0.717) is 5.56 Å². The topological polar surface area (TPSA) is 51.2 Å². The van der Waals surface area contributed by atoms with E-state index < -0.39 is 15.1 Å². The van der Waals surface area contributed by atoms with Gasteiger partial charge in [-0.3, -0.25) is 4.79 Å². The van der Waals surface area contributed by atoms with Gasteiger partial charge in [-0.05, 0) is 13.2 Å². The second kappa shape index (κ2) is 5.50. The molecule has 0 spiro atoms. The van der Waals surface area contributed by atoms with Gasteiger partial charge in [-0.15, -0.1) is 11.8 Å². The molecule has 0 bridgehead atoms. The van der Waals surface area contributed by atoms with E-state index in [1.165, 1.54) is 18.7 Å². The first-order chi connectivity index (χ1) is 7.49. The Morgan fingerprint density at radius 3 is 2.38 bits per heavy atom. The van der Waals surface area contributed by atoms with E-state index in [4.69, 9.17) is 0 Å². The van der Waals surface area contributed by atoms with Crippen LogP contribution in [-0.2, 0) is 9.84 Å². The SMILES string of the molecule is CSCS(=O)(=O)C(C)C(=O)c1ccccc1. The van der Waals surface area contributed by atoms with E-state index in [-0.39, 0.29) is 10.9 Å². The minimum atomic E-state index is -3.34. The molecular weight excluding hydrogens is 244 g/mol. The van der Waals surface area contributed by atoms with Gasteiger partial charge >= 0.3 is 0 Å². The van der Waals surface area contributed by atoms with Gasteiger partial charge in [0, 0.05) is 5.56 Å². The summed E-state index contributed by atoms with van der Waals surface area (Å²) in [7, 11) is -3.34. The Morgan fingerprint density at radius 1 is 1.31 bits per heavy atom. The predicted octanol–water partition coefficient (Wildman–Crippen LogP) is 1.99. The van der Waals surface area contributed by atoms with E-state index in [2.05, 4.69) is 0 Å². The van der Waals surface area contributed by atoms with Gasteiger partial charge in [0.15, 0.2) is 15.6 Å². The molecule has 0 N–H and O–H groups in total. The number of Topliss-reactive ketones (excluding diaryl/α,β-unsaturated/α-hetero) is 1. The van der Waals surface area contributed by atoms with Crippen molar-refractivity contribution < 1.29 is 13.2 Å². The average molecular weight is 258 g/mol. The summed E-state index contributed by atoms with van der Waals surface area (Å²) in [5.41, 5.74) is 0.444. The molecule has 0 saturated heterocycles. The molecule has 1 atom stereocenters. The van der Waals surface area contributed by atoms with Crippen LogP contribution in [0, 0.1) is 0 Å². The molecule has 0 aliphatic carbocycles. The van der Waals surface area contributed by atoms with Crippen LogP contribution in [-0.4, -0.2) is 30.8 Å². The average Bonchev–Trinajstić information content (AvgIpc) is 2.28. The first-order valence-electron chi connectivity index (χ1n) is 4.79. The van der Waals surface area contributed by atoms with Crippen LogP contribution in [0.2, 0.25) is 0 Å². The van der Waals surface area contributed by atoms with Crippen LogP contribution in [0.1, 0.15) is 17.3 Å². The van der Waals surface area contributed by atoms with Crippen molar-refractivity contribution >= 4 is 27.4 Å². The van der Waals surface area contributed by atoms with Gasteiger partial charge in [-0.2, -0.15) is 0 Å². The first-order valence-corrected chi connectivity index (χ1v) is 7.89. The third-order valence-corrected chi connectivity index (χ3v) is 5.80. The molecule has 3 nitrogen and oxygen atoms in total. The smallest absolute Gasteiger partial charge is 0.180 e. The van der Waals surface area contributed by atoms with Crippen LogP contribution >= 0.6 is 11.8 Å². The molecule has 88 valence electrons.